The first-order chi connectivity index (χ1) is 15.2. The topological polar surface area (TPSA) is 167 Å². The van der Waals surface area contributed by atoms with Crippen molar-refractivity contribution < 1.29 is 36.8 Å². The van der Waals surface area contributed by atoms with E-state index in [9.17, 15) is 18.0 Å². The van der Waals surface area contributed by atoms with E-state index >= 15 is 0 Å². The minimum absolute atomic E-state index is 0.0354. The summed E-state index contributed by atoms with van der Waals surface area (Å²) < 4.78 is 41.8. The van der Waals surface area contributed by atoms with Crippen molar-refractivity contribution in [2.75, 3.05) is 25.8 Å². The molecule has 15 heteroatoms. The summed E-state index contributed by atoms with van der Waals surface area (Å²) >= 11 is 0.950. The van der Waals surface area contributed by atoms with Crippen LogP contribution in [0, 0.1) is 6.92 Å². The van der Waals surface area contributed by atoms with Crippen molar-refractivity contribution in [3.63, 3.8) is 0 Å². The maximum absolute atomic E-state index is 12.9. The fourth-order valence-corrected chi connectivity index (χ4v) is 3.62. The van der Waals surface area contributed by atoms with Gasteiger partial charge >= 0.3 is 12.0 Å². The monoisotopic (exact) mass is 487 g/mol. The van der Waals surface area contributed by atoms with E-state index in [4.69, 9.17) is 4.74 Å². The number of carbonyl (C=O) groups excluding carboxylic acids is 2. The molecule has 1 aromatic carbocycles. The Morgan fingerprint density at radius 3 is 2.56 bits per heavy atom. The first kappa shape index (κ1) is 25.3. The smallest absolute Gasteiger partial charge is 0.339 e. The number of benzene rings is 1. The number of methoxy groups -OCH3 is 2. The van der Waals surface area contributed by atoms with Crippen molar-refractivity contribution in [1.82, 2.24) is 20.2 Å². The van der Waals surface area contributed by atoms with Crippen molar-refractivity contribution in [3.05, 3.63) is 41.1 Å². The zero-order valence-electron chi connectivity index (χ0n) is 17.5. The van der Waals surface area contributed by atoms with E-state index in [1.54, 1.807) is 13.2 Å². The van der Waals surface area contributed by atoms with Crippen LogP contribution in [-0.2, 0) is 30.6 Å². The third kappa shape index (κ3) is 7.03. The molecular formula is C17H21N5O8S2. The summed E-state index contributed by atoms with van der Waals surface area (Å²) in [4.78, 5) is 36.4. The molecular weight excluding hydrogens is 466 g/mol. The van der Waals surface area contributed by atoms with Crippen molar-refractivity contribution in [1.29, 1.82) is 0 Å². The number of ether oxygens (including phenoxy) is 2. The van der Waals surface area contributed by atoms with Crippen molar-refractivity contribution >= 4 is 40.0 Å². The highest BCUT2D eigenvalue weighted by Gasteiger charge is 2.26. The van der Waals surface area contributed by atoms with Gasteiger partial charge in [0.05, 0.1) is 19.8 Å². The van der Waals surface area contributed by atoms with Gasteiger partial charge in [-0.05, 0) is 24.6 Å². The standard InChI is InChI=1S/C17H21N5O8S2/c1-10-7-14(27-2)20-16(19-10)21-17(24)22-32(25,26)13-8-11(9-18-29-30-31-4)5-6-12(13)15(23)28-3/h5-8,18H,9H2,1-4H3,(H2,19,20,21,22,24). The van der Waals surface area contributed by atoms with Crippen LogP contribution in [0.15, 0.2) is 29.2 Å². The van der Waals surface area contributed by atoms with Crippen LogP contribution in [0.25, 0.3) is 0 Å². The van der Waals surface area contributed by atoms with Crippen molar-refractivity contribution in [3.8, 4) is 5.88 Å². The van der Waals surface area contributed by atoms with Gasteiger partial charge < -0.3 is 9.47 Å². The van der Waals surface area contributed by atoms with Crippen molar-refractivity contribution in [2.45, 2.75) is 18.4 Å². The summed E-state index contributed by atoms with van der Waals surface area (Å²) in [5.74, 6) is -0.901. The third-order valence-electron chi connectivity index (χ3n) is 3.67. The third-order valence-corrected chi connectivity index (χ3v) is 5.25. The van der Waals surface area contributed by atoms with Gasteiger partial charge in [0.2, 0.25) is 11.8 Å². The van der Waals surface area contributed by atoms with Gasteiger partial charge in [-0.2, -0.15) is 10.5 Å². The van der Waals surface area contributed by atoms with E-state index in [1.165, 1.54) is 31.4 Å². The number of anilines is 1. The highest BCUT2D eigenvalue weighted by atomic mass is 32.2. The van der Waals surface area contributed by atoms with Crippen LogP contribution in [0.3, 0.4) is 0 Å². The number of carbonyl (C=O) groups is 2. The maximum atomic E-state index is 12.9. The first-order valence-electron chi connectivity index (χ1n) is 8.74. The van der Waals surface area contributed by atoms with Crippen LogP contribution in [0.5, 0.6) is 5.88 Å². The molecule has 0 saturated heterocycles. The molecule has 32 heavy (non-hydrogen) atoms. The van der Waals surface area contributed by atoms with E-state index in [0.29, 0.717) is 11.3 Å². The molecule has 3 N–H and O–H groups in total. The Balaban J connectivity index is 2.26. The number of esters is 1. The number of hydroxylamine groups is 1. The second-order valence-corrected chi connectivity index (χ2v) is 8.02. The number of amides is 2. The van der Waals surface area contributed by atoms with Crippen LogP contribution in [0.4, 0.5) is 10.7 Å². The molecule has 0 atom stereocenters. The maximum Gasteiger partial charge on any atom is 0.339 e. The normalized spacial score (nSPS) is 11.0. The van der Waals surface area contributed by atoms with Crippen LogP contribution in [0.2, 0.25) is 0 Å². The molecule has 2 amide bonds. The minimum atomic E-state index is -4.50. The van der Waals surface area contributed by atoms with Gasteiger partial charge in [-0.15, -0.1) is 9.32 Å². The number of hydrogen-bond acceptors (Lipinski definition) is 12. The summed E-state index contributed by atoms with van der Waals surface area (Å²) in [6, 6.07) is 4.29. The van der Waals surface area contributed by atoms with Gasteiger partial charge in [0, 0.05) is 36.6 Å². The average Bonchev–Trinajstić information content (AvgIpc) is 2.75. The fraction of sp³-hybridized carbons (Fsp3) is 0.294. The number of nitrogens with zero attached hydrogens (tertiary/aromatic N) is 2. The molecule has 0 aliphatic rings. The lowest BCUT2D eigenvalue weighted by atomic mass is 10.1. The molecule has 0 radical (unpaired) electrons. The molecule has 2 rings (SSSR count). The van der Waals surface area contributed by atoms with Gasteiger partial charge in [-0.3, -0.25) is 5.32 Å². The predicted molar refractivity (Wildman–Crippen MR) is 113 cm³/mol. The van der Waals surface area contributed by atoms with E-state index in [2.05, 4.69) is 34.8 Å². The lowest BCUT2D eigenvalue weighted by Crippen LogP contribution is -2.35. The molecule has 0 spiro atoms. The minimum Gasteiger partial charge on any atom is -0.481 e. The molecule has 0 unspecified atom stereocenters. The first-order valence-corrected chi connectivity index (χ1v) is 11.4. The van der Waals surface area contributed by atoms with Gasteiger partial charge in [0.15, 0.2) is 0 Å². The highest BCUT2D eigenvalue weighted by Crippen LogP contribution is 2.20. The zero-order valence-corrected chi connectivity index (χ0v) is 19.1. The number of hydrogen-bond donors (Lipinski definition) is 3. The van der Waals surface area contributed by atoms with Crippen molar-refractivity contribution in [2.24, 2.45) is 0 Å². The molecule has 0 aliphatic carbocycles. The van der Waals surface area contributed by atoms with E-state index < -0.39 is 26.9 Å². The Hall–Kier alpha value is -2.98. The summed E-state index contributed by atoms with van der Waals surface area (Å²) in [5, 5.41) is 2.21. The highest BCUT2D eigenvalue weighted by molar-refractivity contribution is 7.93. The predicted octanol–water partition coefficient (Wildman–Crippen LogP) is 1.32. The Morgan fingerprint density at radius 2 is 1.91 bits per heavy atom. The second kappa shape index (κ2) is 11.6. The number of rotatable bonds is 10. The van der Waals surface area contributed by atoms with Gasteiger partial charge in [-0.1, -0.05) is 6.07 Å². The average molecular weight is 488 g/mol. The number of urea groups is 1. The Kier molecular flexibility index (Phi) is 9.15. The van der Waals surface area contributed by atoms with E-state index in [-0.39, 0.29) is 23.9 Å². The Labute approximate surface area is 188 Å². The van der Waals surface area contributed by atoms with Crippen LogP contribution < -0.4 is 20.3 Å². The van der Waals surface area contributed by atoms with Crippen LogP contribution in [-0.4, -0.2) is 50.9 Å². The largest absolute Gasteiger partial charge is 0.481 e. The molecule has 1 aromatic heterocycles. The lowest BCUT2D eigenvalue weighted by molar-refractivity contribution is -0.246. The molecule has 1 heterocycles. The molecule has 2 aromatic rings. The van der Waals surface area contributed by atoms with Gasteiger partial charge in [0.1, 0.15) is 4.90 Å². The molecule has 0 bridgehead atoms. The van der Waals surface area contributed by atoms with Crippen LogP contribution in [0.1, 0.15) is 21.6 Å². The molecule has 0 fully saturated rings. The van der Waals surface area contributed by atoms with E-state index in [1.807, 2.05) is 4.72 Å². The molecule has 13 nitrogen and oxygen atoms in total. The summed E-state index contributed by atoms with van der Waals surface area (Å²) in [5.41, 5.74) is 3.07. The number of sulfonamides is 1. The summed E-state index contributed by atoms with van der Waals surface area (Å²) in [6.07, 6.45) is 1.63. The van der Waals surface area contributed by atoms with Gasteiger partial charge in [0.25, 0.3) is 10.0 Å². The Morgan fingerprint density at radius 1 is 1.16 bits per heavy atom. The molecule has 174 valence electrons. The Bertz CT molecular complexity index is 1080. The summed E-state index contributed by atoms with van der Waals surface area (Å²) in [7, 11) is -2.02. The van der Waals surface area contributed by atoms with E-state index in [0.717, 1.165) is 19.2 Å². The SMILES string of the molecule is COC(=O)c1ccc(CNOOSC)cc1S(=O)(=O)NC(=O)Nc1nc(C)cc(OC)n1. The fourth-order valence-electron chi connectivity index (χ4n) is 2.35. The quantitative estimate of drug-likeness (QED) is 0.145. The molecule has 0 aliphatic heterocycles. The zero-order chi connectivity index (χ0) is 23.7. The molecule has 0 saturated carbocycles. The lowest BCUT2D eigenvalue weighted by Gasteiger charge is -2.13. The number of aryl methyl sites for hydroxylation is 1. The van der Waals surface area contributed by atoms with Gasteiger partial charge in [-0.25, -0.2) is 27.7 Å². The summed E-state index contributed by atoms with van der Waals surface area (Å²) in [6.45, 7) is 1.67. The number of aromatic nitrogens is 2. The second-order valence-electron chi connectivity index (χ2n) is 5.90. The number of nitrogens with one attached hydrogen (secondary N) is 3. The van der Waals surface area contributed by atoms with Crippen LogP contribution >= 0.6 is 12.0 Å².